The summed E-state index contributed by atoms with van der Waals surface area (Å²) in [6.07, 6.45) is 3.84. The Morgan fingerprint density at radius 2 is 1.45 bits per heavy atom. The van der Waals surface area contributed by atoms with Crippen LogP contribution in [0.1, 0.15) is 11.1 Å². The fourth-order valence-corrected chi connectivity index (χ4v) is 2.21. The zero-order valence-electron chi connectivity index (χ0n) is 12.3. The van der Waals surface area contributed by atoms with Crippen LogP contribution in [0.25, 0.3) is 0 Å². The third-order valence-corrected chi connectivity index (χ3v) is 3.43. The maximum absolute atomic E-state index is 7.49. The molecule has 3 heteroatoms. The minimum atomic E-state index is 0.529. The van der Waals surface area contributed by atoms with E-state index >= 15 is 0 Å². The Kier molecular flexibility index (Phi) is 4.35. The molecular formula is C19H18N2O. The molecule has 0 spiro atoms. The molecule has 0 aliphatic heterocycles. The second kappa shape index (κ2) is 6.76. The lowest BCUT2D eigenvalue weighted by molar-refractivity contribution is 0.306. The molecule has 22 heavy (non-hydrogen) atoms. The van der Waals surface area contributed by atoms with Crippen molar-refractivity contribution in [3.05, 3.63) is 95.6 Å². The van der Waals surface area contributed by atoms with Crippen LogP contribution >= 0.6 is 0 Å². The quantitative estimate of drug-likeness (QED) is 0.766. The Hall–Kier alpha value is -2.81. The van der Waals surface area contributed by atoms with E-state index in [1.54, 1.807) is 12.1 Å². The first-order valence-corrected chi connectivity index (χ1v) is 7.26. The van der Waals surface area contributed by atoms with E-state index in [4.69, 9.17) is 10.1 Å². The van der Waals surface area contributed by atoms with Gasteiger partial charge in [0, 0.05) is 18.9 Å². The molecule has 0 aliphatic rings. The van der Waals surface area contributed by atoms with Gasteiger partial charge in [0.2, 0.25) is 0 Å². The molecule has 3 aromatic rings. The number of ether oxygens (including phenoxy) is 1. The van der Waals surface area contributed by atoms with E-state index in [0.717, 1.165) is 17.9 Å². The second-order valence-corrected chi connectivity index (χ2v) is 5.18. The van der Waals surface area contributed by atoms with Crippen molar-refractivity contribution in [3.63, 3.8) is 0 Å². The minimum Gasteiger partial charge on any atom is -0.489 e. The van der Waals surface area contributed by atoms with Crippen LogP contribution < -0.4 is 10.1 Å². The van der Waals surface area contributed by atoms with Crippen molar-refractivity contribution in [2.45, 2.75) is 13.2 Å². The molecule has 0 amide bonds. The number of rotatable bonds is 5. The minimum absolute atomic E-state index is 0.529. The lowest BCUT2D eigenvalue weighted by Gasteiger charge is -2.09. The standard InChI is InChI=1S/C19H18N2O/c20-18-10-12-21(13-11-18)14-16-6-8-19(9-7-16)22-15-17-4-2-1-3-5-17/h1-13,20H,14-15H2. The predicted octanol–water partition coefficient (Wildman–Crippen LogP) is 3.59. The molecule has 3 rings (SSSR count). The van der Waals surface area contributed by atoms with Gasteiger partial charge in [0.05, 0.1) is 5.36 Å². The summed E-state index contributed by atoms with van der Waals surface area (Å²) < 4.78 is 7.83. The number of nitrogens with one attached hydrogen (secondary N) is 1. The van der Waals surface area contributed by atoms with Gasteiger partial charge in [0.1, 0.15) is 12.4 Å². The molecule has 2 aromatic carbocycles. The number of hydrogen-bond acceptors (Lipinski definition) is 2. The van der Waals surface area contributed by atoms with Crippen LogP contribution in [0.15, 0.2) is 79.1 Å². The van der Waals surface area contributed by atoms with Gasteiger partial charge >= 0.3 is 0 Å². The first-order chi connectivity index (χ1) is 10.8. The Balaban J connectivity index is 1.60. The third-order valence-electron chi connectivity index (χ3n) is 3.43. The molecule has 0 saturated carbocycles. The maximum Gasteiger partial charge on any atom is 0.119 e. The van der Waals surface area contributed by atoms with Crippen molar-refractivity contribution >= 4 is 0 Å². The molecule has 1 N–H and O–H groups in total. The average molecular weight is 290 g/mol. The van der Waals surface area contributed by atoms with E-state index in [2.05, 4.69) is 28.8 Å². The summed E-state index contributed by atoms with van der Waals surface area (Å²) in [4.78, 5) is 0. The number of aromatic nitrogens is 1. The molecule has 0 aliphatic carbocycles. The highest BCUT2D eigenvalue weighted by Gasteiger charge is 1.98. The maximum atomic E-state index is 7.49. The lowest BCUT2D eigenvalue weighted by Crippen LogP contribution is -2.04. The SMILES string of the molecule is N=c1ccn(Cc2ccc(OCc3ccccc3)cc2)cc1. The molecule has 3 nitrogen and oxygen atoms in total. The van der Waals surface area contributed by atoms with E-state index in [9.17, 15) is 0 Å². The second-order valence-electron chi connectivity index (χ2n) is 5.18. The van der Waals surface area contributed by atoms with Gasteiger partial charge in [-0.1, -0.05) is 42.5 Å². The molecule has 1 heterocycles. The first kappa shape index (κ1) is 14.1. The van der Waals surface area contributed by atoms with Gasteiger partial charge in [-0.15, -0.1) is 0 Å². The first-order valence-electron chi connectivity index (χ1n) is 7.26. The van der Waals surface area contributed by atoms with Gasteiger partial charge < -0.3 is 14.7 Å². The summed E-state index contributed by atoms with van der Waals surface area (Å²) in [6.45, 7) is 1.37. The van der Waals surface area contributed by atoms with Crippen LogP contribution in [0.2, 0.25) is 0 Å². The number of pyridine rings is 1. The summed E-state index contributed by atoms with van der Waals surface area (Å²) in [5.74, 6) is 0.874. The van der Waals surface area contributed by atoms with Crippen molar-refractivity contribution in [1.82, 2.24) is 4.57 Å². The van der Waals surface area contributed by atoms with Gasteiger partial charge in [0.15, 0.2) is 0 Å². The highest BCUT2D eigenvalue weighted by atomic mass is 16.5. The van der Waals surface area contributed by atoms with E-state index < -0.39 is 0 Å². The fraction of sp³-hybridized carbons (Fsp3) is 0.105. The molecule has 0 saturated heterocycles. The fourth-order valence-electron chi connectivity index (χ4n) is 2.21. The average Bonchev–Trinajstić information content (AvgIpc) is 2.57. The van der Waals surface area contributed by atoms with Crippen LogP contribution in [0.3, 0.4) is 0 Å². The third kappa shape index (κ3) is 3.85. The van der Waals surface area contributed by atoms with Crippen molar-refractivity contribution < 1.29 is 4.74 Å². The zero-order valence-corrected chi connectivity index (χ0v) is 12.3. The van der Waals surface area contributed by atoms with Crippen LogP contribution in [0, 0.1) is 5.41 Å². The Morgan fingerprint density at radius 1 is 0.773 bits per heavy atom. The van der Waals surface area contributed by atoms with Gasteiger partial charge in [-0.25, -0.2) is 0 Å². The van der Waals surface area contributed by atoms with Crippen LogP contribution in [-0.2, 0) is 13.2 Å². The van der Waals surface area contributed by atoms with Gasteiger partial charge in [0.25, 0.3) is 0 Å². The van der Waals surface area contributed by atoms with E-state index in [0.29, 0.717) is 12.0 Å². The molecule has 1 aromatic heterocycles. The number of benzene rings is 2. The molecule has 0 atom stereocenters. The smallest absolute Gasteiger partial charge is 0.119 e. The topological polar surface area (TPSA) is 38.0 Å². The Morgan fingerprint density at radius 3 is 2.14 bits per heavy atom. The van der Waals surface area contributed by atoms with Crippen molar-refractivity contribution in [1.29, 1.82) is 5.41 Å². The van der Waals surface area contributed by atoms with Gasteiger partial charge in [-0.05, 0) is 35.4 Å². The highest BCUT2D eigenvalue weighted by molar-refractivity contribution is 5.28. The largest absolute Gasteiger partial charge is 0.489 e. The summed E-state index contributed by atoms with van der Waals surface area (Å²) >= 11 is 0. The van der Waals surface area contributed by atoms with Crippen molar-refractivity contribution in [2.24, 2.45) is 0 Å². The monoisotopic (exact) mass is 290 g/mol. The summed E-state index contributed by atoms with van der Waals surface area (Å²) in [5.41, 5.74) is 2.37. The van der Waals surface area contributed by atoms with Crippen LogP contribution in [0.5, 0.6) is 5.75 Å². The lowest BCUT2D eigenvalue weighted by atomic mass is 10.2. The normalized spacial score (nSPS) is 10.4. The summed E-state index contributed by atoms with van der Waals surface area (Å²) in [5, 5.41) is 8.02. The van der Waals surface area contributed by atoms with E-state index in [-0.39, 0.29) is 0 Å². The van der Waals surface area contributed by atoms with E-state index in [1.807, 2.05) is 42.7 Å². The van der Waals surface area contributed by atoms with Crippen molar-refractivity contribution in [3.8, 4) is 5.75 Å². The van der Waals surface area contributed by atoms with Gasteiger partial charge in [-0.3, -0.25) is 0 Å². The zero-order chi connectivity index (χ0) is 15.2. The van der Waals surface area contributed by atoms with Crippen molar-refractivity contribution in [2.75, 3.05) is 0 Å². The van der Waals surface area contributed by atoms with Crippen LogP contribution in [-0.4, -0.2) is 4.57 Å². The predicted molar refractivity (Wildman–Crippen MR) is 86.6 cm³/mol. The molecule has 0 unspecified atom stereocenters. The Labute approximate surface area is 130 Å². The molecule has 0 radical (unpaired) electrons. The number of nitrogens with zero attached hydrogens (tertiary/aromatic N) is 1. The molecule has 0 bridgehead atoms. The molecule has 110 valence electrons. The van der Waals surface area contributed by atoms with E-state index in [1.165, 1.54) is 5.56 Å². The van der Waals surface area contributed by atoms with Crippen LogP contribution in [0.4, 0.5) is 0 Å². The highest BCUT2D eigenvalue weighted by Crippen LogP contribution is 2.14. The molecular weight excluding hydrogens is 272 g/mol. The Bertz CT molecular complexity index is 756. The summed E-state index contributed by atoms with van der Waals surface area (Å²) in [6, 6.07) is 21.9. The van der Waals surface area contributed by atoms with Gasteiger partial charge in [-0.2, -0.15) is 0 Å². The summed E-state index contributed by atoms with van der Waals surface area (Å²) in [7, 11) is 0. The number of hydrogen-bond donors (Lipinski definition) is 1. The molecule has 0 fully saturated rings.